The molecule has 0 bridgehead atoms. The summed E-state index contributed by atoms with van der Waals surface area (Å²) in [6, 6.07) is 8.09. The Balaban J connectivity index is 1.66. The Morgan fingerprint density at radius 2 is 1.90 bits per heavy atom. The smallest absolute Gasteiger partial charge is 0.433 e. The van der Waals surface area contributed by atoms with Crippen molar-refractivity contribution in [3.63, 3.8) is 0 Å². The minimum atomic E-state index is -4.60. The number of methoxy groups -OCH3 is 1. The molecule has 0 aliphatic carbocycles. The molecule has 0 aliphatic heterocycles. The van der Waals surface area contributed by atoms with Crippen molar-refractivity contribution in [2.75, 3.05) is 7.11 Å². The van der Waals surface area contributed by atoms with E-state index in [0.717, 1.165) is 17.8 Å². The molecule has 0 saturated carbocycles. The summed E-state index contributed by atoms with van der Waals surface area (Å²) < 4.78 is 45.6. The van der Waals surface area contributed by atoms with Crippen LogP contribution in [0, 0.1) is 0 Å². The maximum absolute atomic E-state index is 13.2. The van der Waals surface area contributed by atoms with Crippen LogP contribution in [0.15, 0.2) is 52.9 Å². The van der Waals surface area contributed by atoms with Crippen molar-refractivity contribution in [3.8, 4) is 28.3 Å². The highest BCUT2D eigenvalue weighted by Crippen LogP contribution is 2.34. The van der Waals surface area contributed by atoms with Crippen LogP contribution >= 0.6 is 11.3 Å². The molecule has 11 heteroatoms. The molecular formula is C20H12F3N5O2S. The van der Waals surface area contributed by atoms with E-state index in [1.165, 1.54) is 17.5 Å². The average molecular weight is 443 g/mol. The van der Waals surface area contributed by atoms with Crippen LogP contribution in [0.5, 0.6) is 5.75 Å². The van der Waals surface area contributed by atoms with Gasteiger partial charge in [-0.2, -0.15) is 18.3 Å². The predicted molar refractivity (Wildman–Crippen MR) is 109 cm³/mol. The van der Waals surface area contributed by atoms with Crippen molar-refractivity contribution in [2.24, 2.45) is 0 Å². The predicted octanol–water partition coefficient (Wildman–Crippen LogP) is 4.39. The highest BCUT2D eigenvalue weighted by atomic mass is 32.1. The number of alkyl halides is 3. The van der Waals surface area contributed by atoms with Gasteiger partial charge in [0.15, 0.2) is 5.65 Å². The second kappa shape index (κ2) is 6.91. The molecule has 0 fully saturated rings. The molecule has 1 N–H and O–H groups in total. The van der Waals surface area contributed by atoms with Gasteiger partial charge in [-0.3, -0.25) is 4.79 Å². The summed E-state index contributed by atoms with van der Waals surface area (Å²) in [5.74, 6) is 0.791. The summed E-state index contributed by atoms with van der Waals surface area (Å²) in [5.41, 5.74) is 0.303. The fraction of sp³-hybridized carbons (Fsp3) is 0.100. The molecular weight excluding hydrogens is 431 g/mol. The molecule has 0 spiro atoms. The molecule has 0 aliphatic rings. The van der Waals surface area contributed by atoms with Crippen LogP contribution in [0.25, 0.3) is 38.4 Å². The number of aromatic amines is 1. The number of aromatic nitrogens is 5. The molecule has 7 nitrogen and oxygen atoms in total. The van der Waals surface area contributed by atoms with E-state index in [1.54, 1.807) is 19.2 Å². The first-order valence-corrected chi connectivity index (χ1v) is 9.81. The van der Waals surface area contributed by atoms with E-state index in [-0.39, 0.29) is 17.0 Å². The Morgan fingerprint density at radius 3 is 2.61 bits per heavy atom. The van der Waals surface area contributed by atoms with Gasteiger partial charge in [-0.25, -0.2) is 14.5 Å². The van der Waals surface area contributed by atoms with E-state index in [9.17, 15) is 18.0 Å². The van der Waals surface area contributed by atoms with Gasteiger partial charge in [-0.05, 0) is 23.8 Å². The summed E-state index contributed by atoms with van der Waals surface area (Å²) in [6.07, 6.45) is -2.34. The SMILES string of the molecule is COc1ccc(-c2csc3nc(-c4cnn5c(C(F)(F)F)ccnc45)[nH]c(=O)c23)cc1. The van der Waals surface area contributed by atoms with E-state index in [2.05, 4.69) is 20.1 Å². The molecule has 5 rings (SSSR count). The normalized spacial score (nSPS) is 12.0. The largest absolute Gasteiger partial charge is 0.497 e. The second-order valence-electron chi connectivity index (χ2n) is 6.59. The average Bonchev–Trinajstić information content (AvgIpc) is 3.37. The van der Waals surface area contributed by atoms with Crippen LogP contribution in [-0.4, -0.2) is 31.7 Å². The minimum absolute atomic E-state index is 0.0516. The van der Waals surface area contributed by atoms with Crippen molar-refractivity contribution >= 4 is 27.2 Å². The summed E-state index contributed by atoms with van der Waals surface area (Å²) in [6.45, 7) is 0. The number of rotatable bonds is 3. The third kappa shape index (κ3) is 3.13. The number of halogens is 3. The van der Waals surface area contributed by atoms with E-state index in [4.69, 9.17) is 4.74 Å². The van der Waals surface area contributed by atoms with Crippen molar-refractivity contribution in [2.45, 2.75) is 6.18 Å². The van der Waals surface area contributed by atoms with Crippen molar-refractivity contribution < 1.29 is 17.9 Å². The third-order valence-corrected chi connectivity index (χ3v) is 5.66. The Hall–Kier alpha value is -3.73. The Bertz CT molecular complexity index is 1490. The number of hydrogen-bond donors (Lipinski definition) is 1. The van der Waals surface area contributed by atoms with Crippen LogP contribution < -0.4 is 10.3 Å². The van der Waals surface area contributed by atoms with Crippen LogP contribution in [-0.2, 0) is 6.18 Å². The van der Waals surface area contributed by atoms with Gasteiger partial charge in [-0.15, -0.1) is 11.3 Å². The van der Waals surface area contributed by atoms with Crippen LogP contribution in [0.4, 0.5) is 13.2 Å². The van der Waals surface area contributed by atoms with Crippen molar-refractivity contribution in [1.29, 1.82) is 0 Å². The number of H-pyrrole nitrogens is 1. The molecule has 0 atom stereocenters. The summed E-state index contributed by atoms with van der Waals surface area (Å²) >= 11 is 1.27. The first-order valence-electron chi connectivity index (χ1n) is 8.93. The van der Waals surface area contributed by atoms with Gasteiger partial charge >= 0.3 is 6.18 Å². The lowest BCUT2D eigenvalue weighted by atomic mass is 10.1. The van der Waals surface area contributed by atoms with Gasteiger partial charge < -0.3 is 9.72 Å². The van der Waals surface area contributed by atoms with Gasteiger partial charge in [-0.1, -0.05) is 12.1 Å². The quantitative estimate of drug-likeness (QED) is 0.447. The lowest BCUT2D eigenvalue weighted by Crippen LogP contribution is -2.13. The van der Waals surface area contributed by atoms with E-state index in [1.807, 2.05) is 17.5 Å². The topological polar surface area (TPSA) is 85.2 Å². The third-order valence-electron chi connectivity index (χ3n) is 4.79. The van der Waals surface area contributed by atoms with Crippen LogP contribution in [0.2, 0.25) is 0 Å². The molecule has 0 amide bonds. The molecule has 1 aromatic carbocycles. The highest BCUT2D eigenvalue weighted by Gasteiger charge is 2.34. The van der Waals surface area contributed by atoms with Crippen LogP contribution in [0.3, 0.4) is 0 Å². The maximum atomic E-state index is 13.2. The first kappa shape index (κ1) is 19.2. The molecule has 156 valence electrons. The number of nitrogens with zero attached hydrogens (tertiary/aromatic N) is 4. The number of fused-ring (bicyclic) bond motifs is 2. The monoisotopic (exact) mass is 443 g/mol. The van der Waals surface area contributed by atoms with Gasteiger partial charge in [0.2, 0.25) is 0 Å². The van der Waals surface area contributed by atoms with Crippen LogP contribution in [0.1, 0.15) is 5.69 Å². The molecule has 0 saturated heterocycles. The second-order valence-corrected chi connectivity index (χ2v) is 7.45. The molecule has 5 aromatic rings. The van der Waals surface area contributed by atoms with Gasteiger partial charge in [0.05, 0.1) is 24.3 Å². The molecule has 4 heterocycles. The molecule has 31 heavy (non-hydrogen) atoms. The van der Waals surface area contributed by atoms with Gasteiger partial charge in [0, 0.05) is 17.1 Å². The lowest BCUT2D eigenvalue weighted by Gasteiger charge is -2.08. The van der Waals surface area contributed by atoms with Gasteiger partial charge in [0.25, 0.3) is 5.56 Å². The Morgan fingerprint density at radius 1 is 1.13 bits per heavy atom. The number of ether oxygens (including phenoxy) is 1. The zero-order valence-corrected chi connectivity index (χ0v) is 16.6. The molecule has 4 aromatic heterocycles. The van der Waals surface area contributed by atoms with Crippen molar-refractivity contribution in [3.05, 3.63) is 64.2 Å². The van der Waals surface area contributed by atoms with Crippen molar-refractivity contribution in [1.82, 2.24) is 24.6 Å². The zero-order valence-electron chi connectivity index (χ0n) is 15.8. The molecule has 0 radical (unpaired) electrons. The standard InChI is InChI=1S/C20H12F3N5O2S/c1-30-11-4-2-10(3-5-11)13-9-31-19-15(13)18(29)26-16(27-19)12-8-25-28-14(20(21,22)23)6-7-24-17(12)28/h2-9H,1H3,(H,26,27,29). The fourth-order valence-corrected chi connectivity index (χ4v) is 4.28. The minimum Gasteiger partial charge on any atom is -0.497 e. The Kier molecular flexibility index (Phi) is 4.29. The Labute approximate surface area is 175 Å². The van der Waals surface area contributed by atoms with E-state index < -0.39 is 17.4 Å². The number of nitrogens with one attached hydrogen (secondary N) is 1. The fourth-order valence-electron chi connectivity index (χ4n) is 3.33. The number of hydrogen-bond acceptors (Lipinski definition) is 6. The molecule has 0 unspecified atom stereocenters. The highest BCUT2D eigenvalue weighted by molar-refractivity contribution is 7.17. The summed E-state index contributed by atoms with van der Waals surface area (Å²) in [4.78, 5) is 24.5. The first-order chi connectivity index (χ1) is 14.9. The zero-order chi connectivity index (χ0) is 21.8. The van der Waals surface area contributed by atoms with E-state index in [0.29, 0.717) is 26.0 Å². The van der Waals surface area contributed by atoms with Gasteiger partial charge in [0.1, 0.15) is 22.1 Å². The summed E-state index contributed by atoms with van der Waals surface area (Å²) in [7, 11) is 1.57. The lowest BCUT2D eigenvalue weighted by molar-refractivity contribution is -0.142. The summed E-state index contributed by atoms with van der Waals surface area (Å²) in [5, 5.41) is 6.02. The number of benzene rings is 1. The maximum Gasteiger partial charge on any atom is 0.433 e. The van der Waals surface area contributed by atoms with E-state index >= 15 is 0 Å². The number of thiophene rings is 1.